The minimum absolute atomic E-state index is 0.209. The van der Waals surface area contributed by atoms with E-state index in [1.54, 1.807) is 11.3 Å². The average Bonchev–Trinajstić information content (AvgIpc) is 2.79. The first-order valence-corrected chi connectivity index (χ1v) is 7.85. The van der Waals surface area contributed by atoms with E-state index in [0.29, 0.717) is 0 Å². The number of thiazole rings is 1. The van der Waals surface area contributed by atoms with Gasteiger partial charge in [0, 0.05) is 5.41 Å². The van der Waals surface area contributed by atoms with Crippen LogP contribution in [-0.4, -0.2) is 4.98 Å². The van der Waals surface area contributed by atoms with E-state index in [1.165, 1.54) is 11.3 Å². The molecule has 0 aromatic carbocycles. The largest absolute Gasteiger partial charge is 0.245 e. The van der Waals surface area contributed by atoms with Crippen molar-refractivity contribution in [3.8, 4) is 0 Å². The molecule has 0 bridgehead atoms. The Bertz CT molecular complexity index is 346. The number of hydrogen-bond acceptors (Lipinski definition) is 2. The van der Waals surface area contributed by atoms with E-state index in [0.717, 1.165) is 12.1 Å². The lowest BCUT2D eigenvalue weighted by molar-refractivity contribution is 0.536. The van der Waals surface area contributed by atoms with Gasteiger partial charge in [0.1, 0.15) is 0 Å². The Hall–Kier alpha value is -0.890. The monoisotopic (exact) mass is 265 g/mol. The van der Waals surface area contributed by atoms with Crippen LogP contribution in [0.15, 0.2) is 17.7 Å². The van der Waals surface area contributed by atoms with Crippen LogP contribution in [0.3, 0.4) is 0 Å². The minimum atomic E-state index is 0.209. The van der Waals surface area contributed by atoms with E-state index in [2.05, 4.69) is 57.0 Å². The van der Waals surface area contributed by atoms with Gasteiger partial charge < -0.3 is 0 Å². The Labute approximate surface area is 117 Å². The molecule has 0 aliphatic heterocycles. The van der Waals surface area contributed by atoms with Crippen molar-refractivity contribution in [1.82, 2.24) is 4.98 Å². The summed E-state index contributed by atoms with van der Waals surface area (Å²) in [5.74, 6) is 0. The van der Waals surface area contributed by atoms with E-state index in [-0.39, 0.29) is 5.41 Å². The molecular weight excluding hydrogens is 238 g/mol. The van der Waals surface area contributed by atoms with Gasteiger partial charge in [-0.1, -0.05) is 60.1 Å². The van der Waals surface area contributed by atoms with Crippen molar-refractivity contribution >= 4 is 23.5 Å². The zero-order valence-corrected chi connectivity index (χ0v) is 13.5. The van der Waals surface area contributed by atoms with Gasteiger partial charge >= 0.3 is 0 Å². The fourth-order valence-corrected chi connectivity index (χ4v) is 2.01. The number of fused-ring (bicyclic) bond motifs is 1. The second kappa shape index (κ2) is 9.09. The SMILES string of the molecule is CC.CCC.CCC1(C)C=Cc2ncsc2C=C1. The minimum Gasteiger partial charge on any atom is -0.245 e. The Balaban J connectivity index is 0.000000509. The third-order valence-electron chi connectivity index (χ3n) is 2.62. The van der Waals surface area contributed by atoms with Crippen LogP contribution < -0.4 is 0 Å². The molecule has 1 aliphatic rings. The summed E-state index contributed by atoms with van der Waals surface area (Å²) in [6.45, 7) is 12.7. The molecule has 1 unspecified atom stereocenters. The van der Waals surface area contributed by atoms with E-state index in [9.17, 15) is 0 Å². The van der Waals surface area contributed by atoms with Crippen LogP contribution in [0.2, 0.25) is 0 Å². The Morgan fingerprint density at radius 2 is 1.67 bits per heavy atom. The molecule has 1 aromatic rings. The molecule has 0 amide bonds. The molecule has 0 fully saturated rings. The summed E-state index contributed by atoms with van der Waals surface area (Å²) in [5, 5.41) is 0. The van der Waals surface area contributed by atoms with Crippen molar-refractivity contribution in [3.63, 3.8) is 0 Å². The lowest BCUT2D eigenvalue weighted by atomic mass is 9.87. The van der Waals surface area contributed by atoms with Gasteiger partial charge in [-0.3, -0.25) is 0 Å². The Morgan fingerprint density at radius 3 is 2.22 bits per heavy atom. The lowest BCUT2D eigenvalue weighted by Crippen LogP contribution is -2.05. The number of aromatic nitrogens is 1. The van der Waals surface area contributed by atoms with Crippen molar-refractivity contribution in [1.29, 1.82) is 0 Å². The quantitative estimate of drug-likeness (QED) is 0.603. The van der Waals surface area contributed by atoms with Gasteiger partial charge in [0.2, 0.25) is 0 Å². The summed E-state index contributed by atoms with van der Waals surface area (Å²) < 4.78 is 0. The van der Waals surface area contributed by atoms with Crippen molar-refractivity contribution in [2.24, 2.45) is 5.41 Å². The highest BCUT2D eigenvalue weighted by atomic mass is 32.1. The van der Waals surface area contributed by atoms with E-state index in [1.807, 2.05) is 19.4 Å². The molecule has 1 heterocycles. The normalized spacial score (nSPS) is 19.9. The summed E-state index contributed by atoms with van der Waals surface area (Å²) in [7, 11) is 0. The molecule has 2 rings (SSSR count). The van der Waals surface area contributed by atoms with Gasteiger partial charge in [-0.15, -0.1) is 11.3 Å². The van der Waals surface area contributed by atoms with Crippen molar-refractivity contribution in [3.05, 3.63) is 28.2 Å². The molecule has 0 saturated carbocycles. The van der Waals surface area contributed by atoms with Crippen LogP contribution >= 0.6 is 11.3 Å². The van der Waals surface area contributed by atoms with E-state index < -0.39 is 0 Å². The summed E-state index contributed by atoms with van der Waals surface area (Å²) in [4.78, 5) is 5.57. The number of nitrogens with zero attached hydrogens (tertiary/aromatic N) is 1. The topological polar surface area (TPSA) is 12.9 Å². The van der Waals surface area contributed by atoms with Crippen LogP contribution in [0.25, 0.3) is 12.2 Å². The molecule has 102 valence electrons. The predicted octanol–water partition coefficient (Wildman–Crippen LogP) is 6.04. The molecule has 2 heteroatoms. The van der Waals surface area contributed by atoms with Gasteiger partial charge in [-0.25, -0.2) is 4.98 Å². The summed E-state index contributed by atoms with van der Waals surface area (Å²) in [5.41, 5.74) is 3.22. The molecule has 0 spiro atoms. The molecule has 1 aliphatic carbocycles. The molecule has 1 aromatic heterocycles. The van der Waals surface area contributed by atoms with E-state index in [4.69, 9.17) is 0 Å². The number of hydrogen-bond donors (Lipinski definition) is 0. The molecule has 0 saturated heterocycles. The van der Waals surface area contributed by atoms with Gasteiger partial charge in [0.15, 0.2) is 0 Å². The van der Waals surface area contributed by atoms with Gasteiger partial charge in [-0.2, -0.15) is 0 Å². The van der Waals surface area contributed by atoms with Gasteiger partial charge in [-0.05, 0) is 18.6 Å². The second-order valence-electron chi connectivity index (χ2n) is 4.33. The van der Waals surface area contributed by atoms with E-state index >= 15 is 0 Å². The maximum atomic E-state index is 4.30. The van der Waals surface area contributed by atoms with Crippen molar-refractivity contribution < 1.29 is 0 Å². The molecule has 0 radical (unpaired) electrons. The van der Waals surface area contributed by atoms with Crippen LogP contribution in [-0.2, 0) is 0 Å². The zero-order chi connectivity index (χ0) is 14.0. The third kappa shape index (κ3) is 5.18. The zero-order valence-electron chi connectivity index (χ0n) is 12.7. The standard InChI is InChI=1S/C11H13NS.C3H8.C2H6/c1-3-11(2)6-4-9-10(5-7-11)13-8-12-9;1-3-2;1-2/h4-8H,3H2,1-2H3;3H2,1-2H3;1-2H3. The highest BCUT2D eigenvalue weighted by molar-refractivity contribution is 7.10. The predicted molar refractivity (Wildman–Crippen MR) is 85.9 cm³/mol. The van der Waals surface area contributed by atoms with Crippen LogP contribution in [0.4, 0.5) is 0 Å². The maximum Gasteiger partial charge on any atom is 0.0809 e. The fourth-order valence-electron chi connectivity index (χ4n) is 1.34. The van der Waals surface area contributed by atoms with Gasteiger partial charge in [0.25, 0.3) is 0 Å². The highest BCUT2D eigenvalue weighted by Crippen LogP contribution is 2.31. The van der Waals surface area contributed by atoms with Crippen LogP contribution in [0, 0.1) is 5.41 Å². The summed E-state index contributed by atoms with van der Waals surface area (Å²) >= 11 is 1.70. The lowest BCUT2D eigenvalue weighted by Gasteiger charge is -2.17. The second-order valence-corrected chi connectivity index (χ2v) is 5.22. The Morgan fingerprint density at radius 1 is 1.11 bits per heavy atom. The van der Waals surface area contributed by atoms with Crippen molar-refractivity contribution in [2.75, 3.05) is 0 Å². The van der Waals surface area contributed by atoms with Crippen LogP contribution in [0.5, 0.6) is 0 Å². The van der Waals surface area contributed by atoms with Gasteiger partial charge in [0.05, 0.1) is 16.1 Å². The average molecular weight is 265 g/mol. The molecular formula is C16H27NS. The molecule has 0 N–H and O–H groups in total. The molecule has 18 heavy (non-hydrogen) atoms. The third-order valence-corrected chi connectivity index (χ3v) is 3.43. The number of rotatable bonds is 1. The highest BCUT2D eigenvalue weighted by Gasteiger charge is 2.17. The fraction of sp³-hybridized carbons (Fsp3) is 0.562. The van der Waals surface area contributed by atoms with Crippen molar-refractivity contribution in [2.45, 2.75) is 54.4 Å². The molecule has 1 nitrogen and oxygen atoms in total. The first-order valence-electron chi connectivity index (χ1n) is 6.97. The number of allylic oxidation sites excluding steroid dienone is 2. The smallest absolute Gasteiger partial charge is 0.0809 e. The summed E-state index contributed by atoms with van der Waals surface area (Å²) in [6, 6.07) is 0. The first kappa shape index (κ1) is 17.1. The Kier molecular flexibility index (Phi) is 8.65. The van der Waals surface area contributed by atoms with Crippen LogP contribution in [0.1, 0.15) is 65.0 Å². The summed E-state index contributed by atoms with van der Waals surface area (Å²) in [6.07, 6.45) is 11.2. The maximum absolute atomic E-state index is 4.30. The first-order chi connectivity index (χ1) is 8.65. The molecule has 1 atom stereocenters.